The van der Waals surface area contributed by atoms with Crippen LogP contribution in [0.15, 0.2) is 22.6 Å². The first-order valence-electron chi connectivity index (χ1n) is 12.2. The Kier molecular flexibility index (Phi) is 13.5. The van der Waals surface area contributed by atoms with Gasteiger partial charge in [0.2, 0.25) is 15.9 Å². The van der Waals surface area contributed by atoms with E-state index in [-0.39, 0.29) is 24.0 Å². The van der Waals surface area contributed by atoms with E-state index in [0.717, 1.165) is 32.6 Å². The molecule has 34 heavy (non-hydrogen) atoms. The zero-order chi connectivity index (χ0) is 25.9. The number of allylic oxidation sites excluding steroid dienone is 2. The lowest BCUT2D eigenvalue weighted by atomic mass is 10.2. The Balaban J connectivity index is 2.67. The van der Waals surface area contributed by atoms with Crippen molar-refractivity contribution in [1.29, 1.82) is 0 Å². The van der Waals surface area contributed by atoms with Crippen LogP contribution in [0.5, 0.6) is 0 Å². The zero-order valence-electron chi connectivity index (χ0n) is 22.4. The minimum absolute atomic E-state index is 0.0472. The van der Waals surface area contributed by atoms with Gasteiger partial charge in [0.05, 0.1) is 17.6 Å². The van der Waals surface area contributed by atoms with Crippen LogP contribution in [-0.4, -0.2) is 126 Å². The number of piperazine rings is 1. The van der Waals surface area contributed by atoms with Gasteiger partial charge in [0.25, 0.3) is 0 Å². The van der Waals surface area contributed by atoms with Crippen LogP contribution in [-0.2, 0) is 19.6 Å². The number of carbonyl (C=O) groups is 1. The molecule has 1 unspecified atom stereocenters. The number of likely N-dealkylation sites (N-methyl/N-ethyl adjacent to an activating group) is 2. The Morgan fingerprint density at radius 2 is 1.76 bits per heavy atom. The van der Waals surface area contributed by atoms with Crippen LogP contribution in [0.3, 0.4) is 0 Å². The van der Waals surface area contributed by atoms with E-state index >= 15 is 0 Å². The molecule has 10 heteroatoms. The molecule has 1 N–H and O–H groups in total. The monoisotopic (exact) mass is 501 g/mol. The minimum atomic E-state index is -3.73. The molecule has 0 aliphatic carbocycles. The Hall–Kier alpha value is -1.30. The SMILES string of the molecule is C=C(C)C(=C(C)C)S(=O)(=O)N(CC)C(CNC)COCC(=O)N1CCN(CCCN(C)C)CC1. The summed E-state index contributed by atoms with van der Waals surface area (Å²) in [5, 5.41) is 3.05. The third kappa shape index (κ3) is 9.39. The van der Waals surface area contributed by atoms with Crippen molar-refractivity contribution in [2.45, 2.75) is 40.2 Å². The number of nitrogens with one attached hydrogen (secondary N) is 1. The lowest BCUT2D eigenvalue weighted by molar-refractivity contribution is -0.138. The van der Waals surface area contributed by atoms with Gasteiger partial charge >= 0.3 is 0 Å². The van der Waals surface area contributed by atoms with Gasteiger partial charge in [0, 0.05) is 39.3 Å². The van der Waals surface area contributed by atoms with Crippen molar-refractivity contribution < 1.29 is 17.9 Å². The standard InChI is InChI=1S/C24H47N5O4S/c1-9-29(34(31,32)24(20(2)3)21(4)5)22(17-25-6)18-33-19-23(30)28-15-13-27(14-16-28)12-10-11-26(7)8/h22,25H,2,9-19H2,1,3-8H3. The van der Waals surface area contributed by atoms with E-state index in [9.17, 15) is 13.2 Å². The predicted molar refractivity (Wildman–Crippen MR) is 139 cm³/mol. The van der Waals surface area contributed by atoms with Gasteiger partial charge in [-0.25, -0.2) is 8.42 Å². The largest absolute Gasteiger partial charge is 0.370 e. The van der Waals surface area contributed by atoms with Crippen LogP contribution in [0, 0.1) is 0 Å². The molecule has 0 radical (unpaired) electrons. The van der Waals surface area contributed by atoms with Gasteiger partial charge in [-0.05, 0) is 67.0 Å². The molecule has 0 aromatic carbocycles. The molecule has 0 spiro atoms. The maximum atomic E-state index is 13.4. The van der Waals surface area contributed by atoms with E-state index in [0.29, 0.717) is 37.3 Å². The van der Waals surface area contributed by atoms with Crippen molar-refractivity contribution in [3.05, 3.63) is 22.6 Å². The maximum absolute atomic E-state index is 13.4. The van der Waals surface area contributed by atoms with Crippen LogP contribution in [0.25, 0.3) is 0 Å². The Labute approximate surface area is 207 Å². The van der Waals surface area contributed by atoms with E-state index < -0.39 is 16.1 Å². The van der Waals surface area contributed by atoms with E-state index in [4.69, 9.17) is 4.74 Å². The topological polar surface area (TPSA) is 85.4 Å². The second-order valence-corrected chi connectivity index (χ2v) is 11.3. The fourth-order valence-corrected chi connectivity index (χ4v) is 6.39. The van der Waals surface area contributed by atoms with Gasteiger partial charge in [0.15, 0.2) is 0 Å². The third-order valence-electron chi connectivity index (χ3n) is 5.91. The van der Waals surface area contributed by atoms with Gasteiger partial charge < -0.3 is 19.9 Å². The number of nitrogens with zero attached hydrogens (tertiary/aromatic N) is 4. The van der Waals surface area contributed by atoms with Crippen molar-refractivity contribution in [2.75, 3.05) is 86.7 Å². The smallest absolute Gasteiger partial charge is 0.248 e. The molecule has 1 atom stereocenters. The minimum Gasteiger partial charge on any atom is -0.370 e. The summed E-state index contributed by atoms with van der Waals surface area (Å²) in [5.41, 5.74) is 1.21. The van der Waals surface area contributed by atoms with Crippen LogP contribution in [0.1, 0.15) is 34.1 Å². The quantitative estimate of drug-likeness (QED) is 0.338. The van der Waals surface area contributed by atoms with Crippen LogP contribution >= 0.6 is 0 Å². The van der Waals surface area contributed by atoms with E-state index in [1.807, 2.05) is 11.8 Å². The first kappa shape index (κ1) is 30.7. The van der Waals surface area contributed by atoms with Gasteiger partial charge in [0.1, 0.15) is 6.61 Å². The molecule has 0 aromatic heterocycles. The molecule has 0 aromatic rings. The molecule has 1 aliphatic heterocycles. The highest BCUT2D eigenvalue weighted by Crippen LogP contribution is 2.25. The highest BCUT2D eigenvalue weighted by molar-refractivity contribution is 7.93. The first-order chi connectivity index (χ1) is 15.9. The van der Waals surface area contributed by atoms with E-state index in [2.05, 4.69) is 35.8 Å². The number of rotatable bonds is 15. The van der Waals surface area contributed by atoms with Crippen LogP contribution in [0.2, 0.25) is 0 Å². The fourth-order valence-electron chi connectivity index (χ4n) is 4.33. The molecule has 0 bridgehead atoms. The molecule has 1 heterocycles. The highest BCUT2D eigenvalue weighted by atomic mass is 32.2. The molecule has 0 saturated carbocycles. The lowest BCUT2D eigenvalue weighted by Crippen LogP contribution is -2.51. The molecule has 1 rings (SSSR count). The summed E-state index contributed by atoms with van der Waals surface area (Å²) < 4.78 is 34.0. The third-order valence-corrected chi connectivity index (χ3v) is 8.35. The predicted octanol–water partition coefficient (Wildman–Crippen LogP) is 1.21. The molecule has 1 saturated heterocycles. The first-order valence-corrected chi connectivity index (χ1v) is 13.6. The normalized spacial score (nSPS) is 16.2. The van der Waals surface area contributed by atoms with Gasteiger partial charge in [-0.2, -0.15) is 4.31 Å². The number of amides is 1. The Morgan fingerprint density at radius 1 is 1.15 bits per heavy atom. The van der Waals surface area contributed by atoms with Crippen LogP contribution < -0.4 is 5.32 Å². The second-order valence-electron chi connectivity index (χ2n) is 9.42. The van der Waals surface area contributed by atoms with Crippen LogP contribution in [0.4, 0.5) is 0 Å². The highest BCUT2D eigenvalue weighted by Gasteiger charge is 2.33. The molecule has 1 amide bonds. The van der Waals surface area contributed by atoms with Crippen molar-refractivity contribution in [2.24, 2.45) is 0 Å². The van der Waals surface area contributed by atoms with E-state index in [1.165, 1.54) is 4.31 Å². The number of hydrogen-bond donors (Lipinski definition) is 1. The average Bonchev–Trinajstić information content (AvgIpc) is 2.73. The summed E-state index contributed by atoms with van der Waals surface area (Å²) in [5.74, 6) is -0.0472. The Morgan fingerprint density at radius 3 is 2.24 bits per heavy atom. The van der Waals surface area contributed by atoms with E-state index in [1.54, 1.807) is 27.8 Å². The lowest BCUT2D eigenvalue weighted by Gasteiger charge is -2.35. The van der Waals surface area contributed by atoms with Crippen molar-refractivity contribution in [1.82, 2.24) is 24.3 Å². The number of sulfonamides is 1. The summed E-state index contributed by atoms with van der Waals surface area (Å²) in [6.07, 6.45) is 1.12. The molecular formula is C24H47N5O4S. The fraction of sp³-hybridized carbons (Fsp3) is 0.792. The van der Waals surface area contributed by atoms with Crippen molar-refractivity contribution in [3.8, 4) is 0 Å². The number of carbonyl (C=O) groups excluding carboxylic acids is 1. The molecule has 198 valence electrons. The van der Waals surface area contributed by atoms with Gasteiger partial charge in [-0.3, -0.25) is 9.69 Å². The number of ether oxygens (including phenoxy) is 1. The summed E-state index contributed by atoms with van der Waals surface area (Å²) >= 11 is 0. The number of hydrogen-bond acceptors (Lipinski definition) is 7. The second kappa shape index (κ2) is 15.0. The molecule has 1 aliphatic rings. The zero-order valence-corrected chi connectivity index (χ0v) is 23.2. The molecule has 1 fully saturated rings. The molecule has 9 nitrogen and oxygen atoms in total. The summed E-state index contributed by atoms with van der Waals surface area (Å²) in [6, 6.07) is -0.435. The van der Waals surface area contributed by atoms with Gasteiger partial charge in [-0.15, -0.1) is 0 Å². The maximum Gasteiger partial charge on any atom is 0.248 e. The Bertz CT molecular complexity index is 785. The van der Waals surface area contributed by atoms with Gasteiger partial charge in [-0.1, -0.05) is 19.1 Å². The van der Waals surface area contributed by atoms with Crippen molar-refractivity contribution in [3.63, 3.8) is 0 Å². The van der Waals surface area contributed by atoms with Crippen molar-refractivity contribution >= 4 is 15.9 Å². The summed E-state index contributed by atoms with van der Waals surface area (Å²) in [7, 11) is 2.20. The summed E-state index contributed by atoms with van der Waals surface area (Å²) in [6.45, 7) is 17.0. The summed E-state index contributed by atoms with van der Waals surface area (Å²) in [4.78, 5) is 19.4. The average molecular weight is 502 g/mol. The molecular weight excluding hydrogens is 454 g/mol.